The maximum atomic E-state index is 13.2. The van der Waals surface area contributed by atoms with Gasteiger partial charge in [-0.1, -0.05) is 12.1 Å². The third-order valence-corrected chi connectivity index (χ3v) is 7.22. The van der Waals surface area contributed by atoms with Gasteiger partial charge in [0, 0.05) is 6.07 Å². The van der Waals surface area contributed by atoms with E-state index in [1.165, 1.54) is 6.07 Å². The van der Waals surface area contributed by atoms with Gasteiger partial charge >= 0.3 is 162 Å². The SMILES string of the molecule is O=P(O)(O)C(CCCc1cccc(Oc2ccc(F)c(F)c2)c1)S(=O)(=O)O.[H-].[H-].[H-].[K+].[K+].[K+]. The Balaban J connectivity index is -0.000000436. The Morgan fingerprint density at radius 2 is 1.60 bits per heavy atom. The third kappa shape index (κ3) is 12.2. The molecule has 0 saturated carbocycles. The molecule has 7 nitrogen and oxygen atoms in total. The van der Waals surface area contributed by atoms with Crippen molar-refractivity contribution in [3.05, 3.63) is 59.7 Å². The van der Waals surface area contributed by atoms with E-state index in [9.17, 15) is 21.8 Å². The average molecular weight is 543 g/mol. The number of hydrogen-bond donors (Lipinski definition) is 3. The number of halogens is 2. The van der Waals surface area contributed by atoms with Crippen LogP contribution in [0.2, 0.25) is 0 Å². The molecule has 2 aromatic rings. The number of hydrogen-bond acceptors (Lipinski definition) is 4. The molecule has 0 radical (unpaired) electrons. The van der Waals surface area contributed by atoms with Crippen molar-refractivity contribution in [3.8, 4) is 11.5 Å². The van der Waals surface area contributed by atoms with E-state index >= 15 is 0 Å². The van der Waals surface area contributed by atoms with E-state index in [1.54, 1.807) is 24.3 Å². The molecule has 0 spiro atoms. The fourth-order valence-electron chi connectivity index (χ4n) is 2.41. The van der Waals surface area contributed by atoms with E-state index < -0.39 is 40.8 Å². The second kappa shape index (κ2) is 15.9. The van der Waals surface area contributed by atoms with Crippen molar-refractivity contribution in [2.24, 2.45) is 0 Å². The van der Waals surface area contributed by atoms with E-state index in [-0.39, 0.29) is 177 Å². The Labute approximate surface area is 305 Å². The van der Waals surface area contributed by atoms with E-state index in [4.69, 9.17) is 19.1 Å². The molecular weight excluding hydrogens is 523 g/mol. The van der Waals surface area contributed by atoms with Crippen molar-refractivity contribution in [2.45, 2.75) is 24.3 Å². The Morgan fingerprint density at radius 3 is 2.13 bits per heavy atom. The molecule has 0 aliphatic heterocycles. The predicted octanol–water partition coefficient (Wildman–Crippen LogP) is -5.18. The number of rotatable bonds is 8. The zero-order chi connectivity index (χ0) is 20.2. The van der Waals surface area contributed by atoms with Crippen LogP contribution in [-0.4, -0.2) is 27.7 Å². The summed E-state index contributed by atoms with van der Waals surface area (Å²) in [7, 11) is -9.90. The van der Waals surface area contributed by atoms with E-state index in [1.807, 2.05) is 0 Å². The monoisotopic (exact) mass is 542 g/mol. The standard InChI is InChI=1S/C16H17F2O7PS.3K.3H/c17-14-8-7-13(10-15(14)18)25-12-5-1-3-11(9-12)4-2-6-16(26(19,20)21)27(22,23)24;;;;;;/h1,3,5,7-10,16H,2,4,6H2,(H2,19,20,21)(H,22,23,24);;;;;;/q;3*+1;3*-1. The molecule has 0 aliphatic rings. The summed E-state index contributed by atoms with van der Waals surface area (Å²) < 4.78 is 74.0. The minimum absolute atomic E-state index is 0. The van der Waals surface area contributed by atoms with Crippen molar-refractivity contribution in [1.82, 2.24) is 0 Å². The molecule has 0 aliphatic carbocycles. The zero-order valence-corrected chi connectivity index (χ0v) is 27.9. The van der Waals surface area contributed by atoms with E-state index in [0.29, 0.717) is 11.3 Å². The van der Waals surface area contributed by atoms with Gasteiger partial charge in [0.25, 0.3) is 10.1 Å². The van der Waals surface area contributed by atoms with Crippen molar-refractivity contribution < 1.29 is 199 Å². The third-order valence-electron chi connectivity index (χ3n) is 3.66. The summed E-state index contributed by atoms with van der Waals surface area (Å²) in [4.78, 5) is 15.9. The average Bonchev–Trinajstić information content (AvgIpc) is 2.53. The fraction of sp³-hybridized carbons (Fsp3) is 0.250. The van der Waals surface area contributed by atoms with Crippen LogP contribution in [0.3, 0.4) is 0 Å². The van der Waals surface area contributed by atoms with Crippen LogP contribution < -0.4 is 159 Å². The van der Waals surface area contributed by atoms with Gasteiger partial charge in [0.1, 0.15) is 11.5 Å². The van der Waals surface area contributed by atoms with Crippen molar-refractivity contribution in [3.63, 3.8) is 0 Å². The molecule has 1 unspecified atom stereocenters. The number of ether oxygens (including phenoxy) is 1. The molecule has 0 bridgehead atoms. The molecule has 0 heterocycles. The molecule has 154 valence electrons. The summed E-state index contributed by atoms with van der Waals surface area (Å²) in [6.07, 6.45) is -0.109. The van der Waals surface area contributed by atoms with Crippen LogP contribution in [0.1, 0.15) is 22.7 Å². The zero-order valence-electron chi connectivity index (χ0n) is 19.8. The molecule has 1 atom stereocenters. The van der Waals surface area contributed by atoms with Gasteiger partial charge in [0.05, 0.1) is 0 Å². The van der Waals surface area contributed by atoms with Gasteiger partial charge in [-0.15, -0.1) is 0 Å². The topological polar surface area (TPSA) is 121 Å². The molecule has 0 aromatic heterocycles. The van der Waals surface area contributed by atoms with Crippen molar-refractivity contribution in [1.29, 1.82) is 0 Å². The van der Waals surface area contributed by atoms with Crippen molar-refractivity contribution in [2.75, 3.05) is 0 Å². The normalized spacial score (nSPS) is 12.0. The summed E-state index contributed by atoms with van der Waals surface area (Å²) in [6, 6.07) is 9.50. The second-order valence-corrected chi connectivity index (χ2v) is 9.53. The first-order chi connectivity index (χ1) is 12.5. The van der Waals surface area contributed by atoms with Gasteiger partial charge in [-0.3, -0.25) is 9.12 Å². The molecule has 30 heavy (non-hydrogen) atoms. The van der Waals surface area contributed by atoms with Crippen LogP contribution in [-0.2, 0) is 21.1 Å². The van der Waals surface area contributed by atoms with Gasteiger partial charge in [-0.25, -0.2) is 8.78 Å². The van der Waals surface area contributed by atoms with Crippen LogP contribution >= 0.6 is 7.60 Å². The maximum absolute atomic E-state index is 13.2. The summed E-state index contributed by atoms with van der Waals surface area (Å²) in [5, 5.41) is 0. The first-order valence-corrected chi connectivity index (χ1v) is 10.9. The molecule has 2 aromatic carbocycles. The molecular formula is C16H20F2K3O7PS. The van der Waals surface area contributed by atoms with Crippen molar-refractivity contribution >= 4 is 17.7 Å². The van der Waals surface area contributed by atoms with Gasteiger partial charge in [-0.05, 0) is 49.1 Å². The van der Waals surface area contributed by atoms with Crippen LogP contribution in [0, 0.1) is 11.6 Å². The maximum Gasteiger partial charge on any atom is 1.00 e. The van der Waals surface area contributed by atoms with Gasteiger partial charge in [-0.2, -0.15) is 8.42 Å². The van der Waals surface area contributed by atoms with Crippen LogP contribution in [0.5, 0.6) is 11.5 Å². The Kier molecular flexibility index (Phi) is 18.7. The molecule has 0 amide bonds. The van der Waals surface area contributed by atoms with Gasteiger partial charge in [0.15, 0.2) is 16.6 Å². The second-order valence-electron chi connectivity index (χ2n) is 5.78. The van der Waals surface area contributed by atoms with Crippen LogP contribution in [0.4, 0.5) is 8.78 Å². The van der Waals surface area contributed by atoms with Gasteiger partial charge < -0.3 is 18.8 Å². The predicted molar refractivity (Wildman–Crippen MR) is 96.5 cm³/mol. The molecule has 0 fully saturated rings. The Bertz CT molecular complexity index is 988. The summed E-state index contributed by atoms with van der Waals surface area (Å²) in [5.41, 5.74) is 0.662. The fourth-order valence-corrected chi connectivity index (χ4v) is 4.78. The van der Waals surface area contributed by atoms with Crippen LogP contribution in [0.25, 0.3) is 0 Å². The molecule has 3 N–H and O–H groups in total. The number of benzene rings is 2. The molecule has 2 rings (SSSR count). The minimum Gasteiger partial charge on any atom is -1.00 e. The summed E-state index contributed by atoms with van der Waals surface area (Å²) in [6.45, 7) is 0. The molecule has 14 heteroatoms. The number of aryl methyl sites for hydroxylation is 1. The Hall–Kier alpha value is 3.07. The first-order valence-electron chi connectivity index (χ1n) is 7.70. The first kappa shape index (κ1) is 35.2. The molecule has 0 saturated heterocycles. The largest absolute Gasteiger partial charge is 1.00 e. The smallest absolute Gasteiger partial charge is 1.00 e. The minimum atomic E-state index is -5.01. The van der Waals surface area contributed by atoms with E-state index in [0.717, 1.165) is 12.1 Å². The quantitative estimate of drug-likeness (QED) is 0.173. The Morgan fingerprint density at radius 1 is 1.00 bits per heavy atom. The summed E-state index contributed by atoms with van der Waals surface area (Å²) in [5.74, 6) is -1.66. The van der Waals surface area contributed by atoms with Crippen LogP contribution in [0.15, 0.2) is 42.5 Å². The van der Waals surface area contributed by atoms with Gasteiger partial charge in [0.2, 0.25) is 0 Å². The van der Waals surface area contributed by atoms with E-state index in [2.05, 4.69) is 0 Å². The summed E-state index contributed by atoms with van der Waals surface area (Å²) >= 11 is 0.